The van der Waals surface area contributed by atoms with Gasteiger partial charge < -0.3 is 10.1 Å². The molecule has 31 heavy (non-hydrogen) atoms. The molecule has 0 aliphatic carbocycles. The van der Waals surface area contributed by atoms with Gasteiger partial charge in [0.1, 0.15) is 18.5 Å². The number of amides is 2. The maximum absolute atomic E-state index is 13.9. The van der Waals surface area contributed by atoms with Crippen molar-refractivity contribution in [2.24, 2.45) is 0 Å². The lowest BCUT2D eigenvalue weighted by Gasteiger charge is -2.35. The number of halogens is 1. The van der Waals surface area contributed by atoms with Crippen molar-refractivity contribution in [3.8, 4) is 0 Å². The summed E-state index contributed by atoms with van der Waals surface area (Å²) in [5.41, 5.74) is 3.59. The van der Waals surface area contributed by atoms with Gasteiger partial charge in [-0.05, 0) is 35.7 Å². The molecule has 1 heterocycles. The molecule has 3 aromatic carbocycles. The average molecular weight is 418 g/mol. The molecule has 0 saturated carbocycles. The van der Waals surface area contributed by atoms with Crippen molar-refractivity contribution in [2.45, 2.75) is 32.5 Å². The Hall–Kier alpha value is -3.67. The summed E-state index contributed by atoms with van der Waals surface area (Å²) in [4.78, 5) is 27.5. The fraction of sp³-hybridized carbons (Fsp3) is 0.200. The van der Waals surface area contributed by atoms with Crippen LogP contribution in [0.25, 0.3) is 0 Å². The molecule has 0 radical (unpaired) electrons. The molecule has 0 unspecified atom stereocenters. The fourth-order valence-electron chi connectivity index (χ4n) is 3.71. The molecule has 1 atom stereocenters. The molecule has 1 aliphatic rings. The zero-order valence-corrected chi connectivity index (χ0v) is 17.2. The van der Waals surface area contributed by atoms with E-state index >= 15 is 0 Å². The average Bonchev–Trinajstić information content (AvgIpc) is 2.80. The van der Waals surface area contributed by atoms with Crippen LogP contribution in [0.4, 0.5) is 14.9 Å². The number of carbonyl (C=O) groups excluding carboxylic acids is 2. The number of ether oxygens (including phenoxy) is 1. The van der Waals surface area contributed by atoms with Crippen LogP contribution in [0.1, 0.15) is 22.3 Å². The fourth-order valence-corrected chi connectivity index (χ4v) is 3.71. The van der Waals surface area contributed by atoms with E-state index in [-0.39, 0.29) is 19.1 Å². The number of hydrogen-bond acceptors (Lipinski definition) is 3. The van der Waals surface area contributed by atoms with Crippen LogP contribution in [0, 0.1) is 12.7 Å². The highest BCUT2D eigenvalue weighted by molar-refractivity contribution is 5.97. The Morgan fingerprint density at radius 3 is 2.48 bits per heavy atom. The number of nitrogens with one attached hydrogen (secondary N) is 1. The number of fused-ring (bicyclic) bond motifs is 1. The number of benzene rings is 3. The van der Waals surface area contributed by atoms with Crippen LogP contribution in [-0.4, -0.2) is 22.9 Å². The van der Waals surface area contributed by atoms with E-state index in [9.17, 15) is 14.0 Å². The van der Waals surface area contributed by atoms with Crippen molar-refractivity contribution < 1.29 is 18.7 Å². The van der Waals surface area contributed by atoms with Gasteiger partial charge in [0.15, 0.2) is 0 Å². The van der Waals surface area contributed by atoms with Crippen LogP contribution >= 0.6 is 0 Å². The highest BCUT2D eigenvalue weighted by Crippen LogP contribution is 2.26. The van der Waals surface area contributed by atoms with Gasteiger partial charge in [-0.2, -0.15) is 0 Å². The maximum atomic E-state index is 13.9. The molecule has 4 rings (SSSR count). The summed E-state index contributed by atoms with van der Waals surface area (Å²) < 4.78 is 19.4. The molecular weight excluding hydrogens is 395 g/mol. The van der Waals surface area contributed by atoms with Gasteiger partial charge in [0, 0.05) is 17.7 Å². The Labute approximate surface area is 180 Å². The minimum absolute atomic E-state index is 0.120. The number of hydrogen-bond donors (Lipinski definition) is 1. The molecule has 158 valence electrons. The summed E-state index contributed by atoms with van der Waals surface area (Å²) in [5.74, 6) is -0.772. The molecular formula is C25H23FN2O3. The van der Waals surface area contributed by atoms with E-state index < -0.39 is 18.0 Å². The summed E-state index contributed by atoms with van der Waals surface area (Å²) in [6.45, 7) is 1.99. The van der Waals surface area contributed by atoms with E-state index in [1.165, 1.54) is 11.0 Å². The van der Waals surface area contributed by atoms with Crippen LogP contribution in [0.5, 0.6) is 0 Å². The molecule has 0 saturated heterocycles. The van der Waals surface area contributed by atoms with Crippen LogP contribution < -0.4 is 5.32 Å². The largest absolute Gasteiger partial charge is 0.445 e. The smallest absolute Gasteiger partial charge is 0.411 e. The summed E-state index contributed by atoms with van der Waals surface area (Å²) >= 11 is 0. The first kappa shape index (κ1) is 20.6. The van der Waals surface area contributed by atoms with E-state index in [1.54, 1.807) is 19.1 Å². The molecule has 1 aliphatic heterocycles. The molecule has 1 N–H and O–H groups in total. The van der Waals surface area contributed by atoms with Crippen molar-refractivity contribution in [2.75, 3.05) is 5.32 Å². The van der Waals surface area contributed by atoms with Crippen molar-refractivity contribution in [1.29, 1.82) is 0 Å². The van der Waals surface area contributed by atoms with Crippen LogP contribution in [-0.2, 0) is 29.1 Å². The van der Waals surface area contributed by atoms with Gasteiger partial charge in [-0.15, -0.1) is 0 Å². The van der Waals surface area contributed by atoms with Gasteiger partial charge in [0.05, 0.1) is 6.54 Å². The SMILES string of the molecule is Cc1c(F)cccc1NC(=O)[C@H]1Cc2ccccc2CN1C(=O)OCc1ccccc1. The minimum Gasteiger partial charge on any atom is -0.445 e. The van der Waals surface area contributed by atoms with Crippen molar-refractivity contribution in [1.82, 2.24) is 4.90 Å². The predicted octanol–water partition coefficient (Wildman–Crippen LogP) is 4.84. The van der Waals surface area contributed by atoms with E-state index in [1.807, 2.05) is 54.6 Å². The van der Waals surface area contributed by atoms with Crippen molar-refractivity contribution in [3.05, 3.63) is 101 Å². The molecule has 3 aromatic rings. The zero-order valence-electron chi connectivity index (χ0n) is 17.2. The van der Waals surface area contributed by atoms with E-state index in [2.05, 4.69) is 5.32 Å². The quantitative estimate of drug-likeness (QED) is 0.660. The first-order valence-electron chi connectivity index (χ1n) is 10.1. The number of nitrogens with zero attached hydrogens (tertiary/aromatic N) is 1. The third-order valence-electron chi connectivity index (χ3n) is 5.52. The van der Waals surface area contributed by atoms with Gasteiger partial charge in [-0.25, -0.2) is 9.18 Å². The third-order valence-corrected chi connectivity index (χ3v) is 5.52. The van der Waals surface area contributed by atoms with Gasteiger partial charge in [-0.1, -0.05) is 60.7 Å². The monoisotopic (exact) mass is 418 g/mol. The van der Waals surface area contributed by atoms with Gasteiger partial charge in [-0.3, -0.25) is 9.69 Å². The van der Waals surface area contributed by atoms with Crippen molar-refractivity contribution in [3.63, 3.8) is 0 Å². The lowest BCUT2D eigenvalue weighted by molar-refractivity contribution is -0.121. The minimum atomic E-state index is -0.763. The van der Waals surface area contributed by atoms with Gasteiger partial charge >= 0.3 is 6.09 Å². The first-order valence-corrected chi connectivity index (χ1v) is 10.1. The topological polar surface area (TPSA) is 58.6 Å². The Balaban J connectivity index is 1.55. The maximum Gasteiger partial charge on any atom is 0.411 e. The lowest BCUT2D eigenvalue weighted by Crippen LogP contribution is -2.50. The molecule has 5 nitrogen and oxygen atoms in total. The molecule has 0 aromatic heterocycles. The Kier molecular flexibility index (Phi) is 5.98. The number of rotatable bonds is 4. The third kappa shape index (κ3) is 4.58. The summed E-state index contributed by atoms with van der Waals surface area (Å²) in [6, 6.07) is 20.9. The normalized spacial score (nSPS) is 15.2. The summed E-state index contributed by atoms with van der Waals surface area (Å²) in [5, 5.41) is 2.78. The van der Waals surface area contributed by atoms with E-state index in [0.717, 1.165) is 16.7 Å². The lowest BCUT2D eigenvalue weighted by atomic mass is 9.93. The first-order chi connectivity index (χ1) is 15.0. The second kappa shape index (κ2) is 9.00. The molecule has 0 bridgehead atoms. The Morgan fingerprint density at radius 1 is 1.00 bits per heavy atom. The highest BCUT2D eigenvalue weighted by Gasteiger charge is 2.35. The molecule has 0 fully saturated rings. The molecule has 2 amide bonds. The predicted molar refractivity (Wildman–Crippen MR) is 116 cm³/mol. The van der Waals surface area contributed by atoms with Crippen molar-refractivity contribution >= 4 is 17.7 Å². The Morgan fingerprint density at radius 2 is 1.71 bits per heavy atom. The second-order valence-corrected chi connectivity index (χ2v) is 7.56. The van der Waals surface area contributed by atoms with Gasteiger partial charge in [0.25, 0.3) is 0 Å². The second-order valence-electron chi connectivity index (χ2n) is 7.56. The van der Waals surface area contributed by atoms with E-state index in [4.69, 9.17) is 4.74 Å². The molecule has 6 heteroatoms. The van der Waals surface area contributed by atoms with Gasteiger partial charge in [0.2, 0.25) is 5.91 Å². The van der Waals surface area contributed by atoms with E-state index in [0.29, 0.717) is 17.7 Å². The highest BCUT2D eigenvalue weighted by atomic mass is 19.1. The standard InChI is InChI=1S/C25H23FN2O3/c1-17-21(26)12-7-13-22(17)27-24(29)23-14-19-10-5-6-11-20(19)15-28(23)25(30)31-16-18-8-3-2-4-9-18/h2-13,23H,14-16H2,1H3,(H,27,29)/t23-/m1/s1. The summed E-state index contributed by atoms with van der Waals surface area (Å²) in [6.07, 6.45) is -0.203. The van der Waals surface area contributed by atoms with Crippen LogP contribution in [0.3, 0.4) is 0 Å². The number of carbonyl (C=O) groups is 2. The zero-order chi connectivity index (χ0) is 21.8. The van der Waals surface area contributed by atoms with Crippen LogP contribution in [0.15, 0.2) is 72.8 Å². The summed E-state index contributed by atoms with van der Waals surface area (Å²) in [7, 11) is 0. The Bertz CT molecular complexity index is 1100. The number of anilines is 1. The van der Waals surface area contributed by atoms with Crippen LogP contribution in [0.2, 0.25) is 0 Å². The molecule has 0 spiro atoms.